The van der Waals surface area contributed by atoms with Gasteiger partial charge in [-0.25, -0.2) is 17.9 Å². The highest BCUT2D eigenvalue weighted by Crippen LogP contribution is 2.28. The van der Waals surface area contributed by atoms with Crippen molar-refractivity contribution in [2.45, 2.75) is 51.0 Å². The number of carboxylic acid groups (broad SMARTS) is 1. The molecular formula is C13H21NO6S. The van der Waals surface area contributed by atoms with Gasteiger partial charge in [0.05, 0.1) is 0 Å². The van der Waals surface area contributed by atoms with Gasteiger partial charge in [0.15, 0.2) is 0 Å². The first kappa shape index (κ1) is 17.7. The van der Waals surface area contributed by atoms with Crippen LogP contribution in [0.3, 0.4) is 0 Å². The summed E-state index contributed by atoms with van der Waals surface area (Å²) in [5.74, 6) is -1.29. The number of aromatic carboxylic acids is 1. The van der Waals surface area contributed by atoms with Gasteiger partial charge in [0.2, 0.25) is 10.0 Å². The van der Waals surface area contributed by atoms with Crippen molar-refractivity contribution >= 4 is 16.0 Å². The van der Waals surface area contributed by atoms with Gasteiger partial charge in [-0.3, -0.25) is 0 Å². The molecule has 0 saturated carbocycles. The Kier molecular flexibility index (Phi) is 5.19. The average Bonchev–Trinajstić information content (AvgIpc) is 2.64. The predicted molar refractivity (Wildman–Crippen MR) is 75.9 cm³/mol. The van der Waals surface area contributed by atoms with E-state index in [1.54, 1.807) is 13.8 Å². The molecule has 0 aliphatic carbocycles. The second kappa shape index (κ2) is 6.17. The van der Waals surface area contributed by atoms with Crippen LogP contribution in [0.1, 0.15) is 48.6 Å². The highest BCUT2D eigenvalue weighted by atomic mass is 32.2. The van der Waals surface area contributed by atoms with E-state index in [1.807, 2.05) is 0 Å². The number of hydrogen-bond acceptors (Lipinski definition) is 5. The minimum atomic E-state index is -4.07. The van der Waals surface area contributed by atoms with Crippen molar-refractivity contribution in [2.24, 2.45) is 0 Å². The van der Waals surface area contributed by atoms with E-state index in [-0.39, 0.29) is 35.0 Å². The third-order valence-electron chi connectivity index (χ3n) is 3.51. The SMILES string of the molecule is CCC(C)(CCO)NS(=O)(=O)c1c(C)oc(C)c1C(=O)O. The van der Waals surface area contributed by atoms with Crippen LogP contribution in [0.25, 0.3) is 0 Å². The fourth-order valence-electron chi connectivity index (χ4n) is 2.16. The fourth-order valence-corrected chi connectivity index (χ4v) is 4.07. The van der Waals surface area contributed by atoms with Crippen LogP contribution in [-0.2, 0) is 10.0 Å². The molecular weight excluding hydrogens is 298 g/mol. The van der Waals surface area contributed by atoms with Crippen LogP contribution in [0.15, 0.2) is 9.31 Å². The van der Waals surface area contributed by atoms with Crippen molar-refractivity contribution < 1.29 is 27.8 Å². The summed E-state index contributed by atoms with van der Waals surface area (Å²) < 4.78 is 32.7. The molecule has 0 aromatic carbocycles. The number of nitrogens with one attached hydrogen (secondary N) is 1. The molecule has 7 nitrogen and oxygen atoms in total. The fraction of sp³-hybridized carbons (Fsp3) is 0.615. The Morgan fingerprint density at radius 2 is 1.90 bits per heavy atom. The molecule has 0 bridgehead atoms. The number of carbonyl (C=O) groups is 1. The summed E-state index contributed by atoms with van der Waals surface area (Å²) in [7, 11) is -4.07. The van der Waals surface area contributed by atoms with Crippen LogP contribution in [0.5, 0.6) is 0 Å². The Bertz CT molecular complexity index is 633. The zero-order valence-corrected chi connectivity index (χ0v) is 13.4. The van der Waals surface area contributed by atoms with Gasteiger partial charge in [-0.2, -0.15) is 0 Å². The van der Waals surface area contributed by atoms with E-state index in [4.69, 9.17) is 9.52 Å². The third kappa shape index (κ3) is 3.63. The largest absolute Gasteiger partial charge is 0.478 e. The van der Waals surface area contributed by atoms with Crippen LogP contribution in [0, 0.1) is 13.8 Å². The molecule has 120 valence electrons. The van der Waals surface area contributed by atoms with Crippen molar-refractivity contribution in [3.8, 4) is 0 Å². The topological polar surface area (TPSA) is 117 Å². The summed E-state index contributed by atoms with van der Waals surface area (Å²) in [5, 5.41) is 18.2. The number of aryl methyl sites for hydroxylation is 2. The summed E-state index contributed by atoms with van der Waals surface area (Å²) in [5.41, 5.74) is -1.22. The van der Waals surface area contributed by atoms with Crippen LogP contribution >= 0.6 is 0 Å². The lowest BCUT2D eigenvalue weighted by atomic mass is 9.97. The molecule has 21 heavy (non-hydrogen) atoms. The Labute approximate surface area is 124 Å². The van der Waals surface area contributed by atoms with Crippen LogP contribution in [-0.4, -0.2) is 36.7 Å². The predicted octanol–water partition coefficient (Wildman–Crippen LogP) is 1.42. The molecule has 0 radical (unpaired) electrons. The minimum Gasteiger partial charge on any atom is -0.478 e. The molecule has 0 saturated heterocycles. The Hall–Kier alpha value is -1.38. The highest BCUT2D eigenvalue weighted by molar-refractivity contribution is 7.89. The highest BCUT2D eigenvalue weighted by Gasteiger charge is 2.35. The molecule has 3 N–H and O–H groups in total. The van der Waals surface area contributed by atoms with Crippen molar-refractivity contribution in [2.75, 3.05) is 6.61 Å². The molecule has 1 unspecified atom stereocenters. The van der Waals surface area contributed by atoms with E-state index in [9.17, 15) is 18.3 Å². The summed E-state index contributed by atoms with van der Waals surface area (Å²) >= 11 is 0. The van der Waals surface area contributed by atoms with Gasteiger partial charge in [0.1, 0.15) is 22.0 Å². The molecule has 1 aromatic rings. The van der Waals surface area contributed by atoms with Gasteiger partial charge in [-0.05, 0) is 33.6 Å². The van der Waals surface area contributed by atoms with Gasteiger partial charge < -0.3 is 14.6 Å². The molecule has 0 spiro atoms. The molecule has 8 heteroatoms. The van der Waals surface area contributed by atoms with Gasteiger partial charge in [0.25, 0.3) is 0 Å². The van der Waals surface area contributed by atoms with Crippen LogP contribution in [0.4, 0.5) is 0 Å². The number of hydrogen-bond donors (Lipinski definition) is 3. The first-order valence-corrected chi connectivity index (χ1v) is 8.04. The quantitative estimate of drug-likeness (QED) is 0.700. The number of aliphatic hydroxyl groups excluding tert-OH is 1. The van der Waals surface area contributed by atoms with E-state index >= 15 is 0 Å². The summed E-state index contributed by atoms with van der Waals surface area (Å²) in [6.07, 6.45) is 0.673. The normalized spacial score (nSPS) is 14.9. The van der Waals surface area contributed by atoms with Crippen molar-refractivity contribution in [1.29, 1.82) is 0 Å². The smallest absolute Gasteiger partial charge is 0.340 e. The Morgan fingerprint density at radius 3 is 2.33 bits per heavy atom. The molecule has 1 rings (SSSR count). The van der Waals surface area contributed by atoms with E-state index in [2.05, 4.69) is 4.72 Å². The number of furan rings is 1. The molecule has 0 aliphatic rings. The standard InChI is InChI=1S/C13H21NO6S/c1-5-13(4,6-7-15)14-21(18,19)11-9(3)20-8(2)10(11)12(16)17/h14-15H,5-7H2,1-4H3,(H,16,17). The van der Waals surface area contributed by atoms with Gasteiger partial charge in [-0.15, -0.1) is 0 Å². The molecule has 0 aliphatic heterocycles. The second-order valence-corrected chi connectivity index (χ2v) is 6.84. The minimum absolute atomic E-state index is 0.0276. The number of aliphatic hydroxyl groups is 1. The summed E-state index contributed by atoms with van der Waals surface area (Å²) in [6, 6.07) is 0. The van der Waals surface area contributed by atoms with Crippen molar-refractivity contribution in [1.82, 2.24) is 4.72 Å². The van der Waals surface area contributed by atoms with Crippen LogP contribution in [0.2, 0.25) is 0 Å². The first-order chi connectivity index (χ1) is 9.58. The average molecular weight is 319 g/mol. The molecule has 0 amide bonds. The zero-order chi connectivity index (χ0) is 16.4. The maximum Gasteiger partial charge on any atom is 0.340 e. The van der Waals surface area contributed by atoms with Gasteiger partial charge in [0, 0.05) is 12.1 Å². The van der Waals surface area contributed by atoms with E-state index in [0.717, 1.165) is 0 Å². The van der Waals surface area contributed by atoms with E-state index < -0.39 is 21.5 Å². The molecule has 1 atom stereocenters. The van der Waals surface area contributed by atoms with Gasteiger partial charge >= 0.3 is 5.97 Å². The lowest BCUT2D eigenvalue weighted by molar-refractivity contribution is 0.0691. The lowest BCUT2D eigenvalue weighted by Gasteiger charge is -2.28. The van der Waals surface area contributed by atoms with E-state index in [0.29, 0.717) is 6.42 Å². The number of rotatable bonds is 7. The maximum absolute atomic E-state index is 12.5. The van der Waals surface area contributed by atoms with Crippen LogP contribution < -0.4 is 4.72 Å². The second-order valence-electron chi connectivity index (χ2n) is 5.22. The summed E-state index contributed by atoms with van der Waals surface area (Å²) in [6.45, 7) is 6.07. The monoisotopic (exact) mass is 319 g/mol. The number of carboxylic acids is 1. The first-order valence-electron chi connectivity index (χ1n) is 6.56. The molecule has 1 aromatic heterocycles. The lowest BCUT2D eigenvalue weighted by Crippen LogP contribution is -2.46. The number of sulfonamides is 1. The molecule has 1 heterocycles. The Morgan fingerprint density at radius 1 is 1.33 bits per heavy atom. The third-order valence-corrected chi connectivity index (χ3v) is 5.30. The summed E-state index contributed by atoms with van der Waals surface area (Å²) in [4.78, 5) is 10.9. The maximum atomic E-state index is 12.5. The van der Waals surface area contributed by atoms with Crippen molar-refractivity contribution in [3.63, 3.8) is 0 Å². The van der Waals surface area contributed by atoms with E-state index in [1.165, 1.54) is 13.8 Å². The zero-order valence-electron chi connectivity index (χ0n) is 12.6. The van der Waals surface area contributed by atoms with Gasteiger partial charge in [-0.1, -0.05) is 6.92 Å². The Balaban J connectivity index is 3.36. The molecule has 0 fully saturated rings. The van der Waals surface area contributed by atoms with Crippen molar-refractivity contribution in [3.05, 3.63) is 17.1 Å².